The predicted octanol–water partition coefficient (Wildman–Crippen LogP) is 1.82. The van der Waals surface area contributed by atoms with E-state index < -0.39 is 0 Å². The minimum atomic E-state index is -0.152. The van der Waals surface area contributed by atoms with Gasteiger partial charge >= 0.3 is 0 Å². The maximum Gasteiger partial charge on any atom is 0.269 e. The number of aryl methyl sites for hydroxylation is 1. The van der Waals surface area contributed by atoms with Gasteiger partial charge in [0.1, 0.15) is 5.69 Å². The summed E-state index contributed by atoms with van der Waals surface area (Å²) in [6, 6.07) is 11.8. The number of carbonyl (C=O) groups is 1. The summed E-state index contributed by atoms with van der Waals surface area (Å²) < 4.78 is 0. The number of benzene rings is 1. The molecule has 0 unspecified atom stereocenters. The van der Waals surface area contributed by atoms with Crippen LogP contribution in [0, 0.1) is 6.92 Å². The van der Waals surface area contributed by atoms with E-state index in [1.807, 2.05) is 6.07 Å². The molecule has 1 aromatic heterocycles. The molecule has 0 saturated carbocycles. The number of rotatable bonds is 5. The summed E-state index contributed by atoms with van der Waals surface area (Å²) >= 11 is 0. The lowest BCUT2D eigenvalue weighted by Crippen LogP contribution is -2.26. The van der Waals surface area contributed by atoms with E-state index in [9.17, 15) is 4.79 Å². The summed E-state index contributed by atoms with van der Waals surface area (Å²) in [6.45, 7) is 3.09. The first-order valence-corrected chi connectivity index (χ1v) is 6.68. The SMILES string of the molecule is Cc1ccc(CCNC(=O)c2ccc(CN)cn2)cc1. The van der Waals surface area contributed by atoms with Crippen molar-refractivity contribution in [3.05, 3.63) is 65.0 Å². The Kier molecular flexibility index (Phi) is 4.85. The smallest absolute Gasteiger partial charge is 0.269 e. The zero-order chi connectivity index (χ0) is 14.4. The van der Waals surface area contributed by atoms with Crippen molar-refractivity contribution in [1.82, 2.24) is 10.3 Å². The molecule has 0 aliphatic rings. The quantitative estimate of drug-likeness (QED) is 0.870. The highest BCUT2D eigenvalue weighted by molar-refractivity contribution is 5.92. The second kappa shape index (κ2) is 6.82. The lowest BCUT2D eigenvalue weighted by atomic mass is 10.1. The van der Waals surface area contributed by atoms with Gasteiger partial charge in [-0.15, -0.1) is 0 Å². The Balaban J connectivity index is 1.83. The number of nitrogens with one attached hydrogen (secondary N) is 1. The lowest BCUT2D eigenvalue weighted by molar-refractivity contribution is 0.0949. The number of nitrogens with two attached hydrogens (primary N) is 1. The van der Waals surface area contributed by atoms with Gasteiger partial charge in [-0.3, -0.25) is 9.78 Å². The predicted molar refractivity (Wildman–Crippen MR) is 79.3 cm³/mol. The first-order valence-electron chi connectivity index (χ1n) is 6.68. The maximum atomic E-state index is 11.9. The molecule has 0 fully saturated rings. The average molecular weight is 269 g/mol. The molecule has 0 aliphatic carbocycles. The fourth-order valence-electron chi connectivity index (χ4n) is 1.85. The van der Waals surface area contributed by atoms with Crippen LogP contribution in [-0.4, -0.2) is 17.4 Å². The minimum absolute atomic E-state index is 0.152. The van der Waals surface area contributed by atoms with E-state index >= 15 is 0 Å². The molecule has 2 aromatic rings. The summed E-state index contributed by atoms with van der Waals surface area (Å²) in [7, 11) is 0. The summed E-state index contributed by atoms with van der Waals surface area (Å²) in [6.07, 6.45) is 2.45. The normalized spacial score (nSPS) is 10.3. The monoisotopic (exact) mass is 269 g/mol. The van der Waals surface area contributed by atoms with Crippen molar-refractivity contribution >= 4 is 5.91 Å². The van der Waals surface area contributed by atoms with E-state index in [0.29, 0.717) is 18.8 Å². The Morgan fingerprint density at radius 1 is 1.15 bits per heavy atom. The molecule has 2 rings (SSSR count). The summed E-state index contributed by atoms with van der Waals surface area (Å²) in [5, 5.41) is 2.87. The molecular formula is C16H19N3O. The van der Waals surface area contributed by atoms with E-state index in [-0.39, 0.29) is 5.91 Å². The second-order valence-electron chi connectivity index (χ2n) is 4.75. The molecule has 0 atom stereocenters. The second-order valence-corrected chi connectivity index (χ2v) is 4.75. The van der Waals surface area contributed by atoms with E-state index in [0.717, 1.165) is 12.0 Å². The van der Waals surface area contributed by atoms with Crippen molar-refractivity contribution in [2.45, 2.75) is 19.9 Å². The number of amides is 1. The highest BCUT2D eigenvalue weighted by Crippen LogP contribution is 2.03. The molecule has 0 saturated heterocycles. The molecular weight excluding hydrogens is 250 g/mol. The highest BCUT2D eigenvalue weighted by Gasteiger charge is 2.06. The Labute approximate surface area is 119 Å². The van der Waals surface area contributed by atoms with Gasteiger partial charge in [0.25, 0.3) is 5.91 Å². The van der Waals surface area contributed by atoms with Gasteiger partial charge in [0.15, 0.2) is 0 Å². The number of nitrogens with zero attached hydrogens (tertiary/aromatic N) is 1. The standard InChI is InChI=1S/C16H19N3O/c1-12-2-4-13(5-3-12)8-9-18-16(20)15-7-6-14(10-17)11-19-15/h2-7,11H,8-10,17H2,1H3,(H,18,20). The van der Waals surface area contributed by atoms with Crippen molar-refractivity contribution in [1.29, 1.82) is 0 Å². The number of hydrogen-bond acceptors (Lipinski definition) is 3. The van der Waals surface area contributed by atoms with Gasteiger partial charge in [0.2, 0.25) is 0 Å². The van der Waals surface area contributed by atoms with Gasteiger partial charge in [0, 0.05) is 19.3 Å². The third kappa shape index (κ3) is 3.90. The number of pyridine rings is 1. The Morgan fingerprint density at radius 2 is 1.85 bits per heavy atom. The first kappa shape index (κ1) is 14.2. The molecule has 3 N–H and O–H groups in total. The van der Waals surface area contributed by atoms with Crippen LogP contribution in [0.4, 0.5) is 0 Å². The molecule has 20 heavy (non-hydrogen) atoms. The zero-order valence-electron chi connectivity index (χ0n) is 11.6. The van der Waals surface area contributed by atoms with E-state index in [1.54, 1.807) is 12.3 Å². The third-order valence-corrected chi connectivity index (χ3v) is 3.11. The van der Waals surface area contributed by atoms with Crippen molar-refractivity contribution < 1.29 is 4.79 Å². The van der Waals surface area contributed by atoms with Crippen molar-refractivity contribution in [2.75, 3.05) is 6.54 Å². The number of carbonyl (C=O) groups excluding carboxylic acids is 1. The van der Waals surface area contributed by atoms with Crippen LogP contribution in [0.3, 0.4) is 0 Å². The van der Waals surface area contributed by atoms with Crippen molar-refractivity contribution in [3.8, 4) is 0 Å². The molecule has 0 radical (unpaired) electrons. The molecule has 4 nitrogen and oxygen atoms in total. The molecule has 1 aromatic carbocycles. The largest absolute Gasteiger partial charge is 0.350 e. The minimum Gasteiger partial charge on any atom is -0.350 e. The number of aromatic nitrogens is 1. The van der Waals surface area contributed by atoms with E-state index in [2.05, 4.69) is 41.5 Å². The van der Waals surface area contributed by atoms with Crippen LogP contribution in [-0.2, 0) is 13.0 Å². The maximum absolute atomic E-state index is 11.9. The summed E-state index contributed by atoms with van der Waals surface area (Å²) in [5.74, 6) is -0.152. The van der Waals surface area contributed by atoms with Gasteiger partial charge in [0.05, 0.1) is 0 Å². The van der Waals surface area contributed by atoms with E-state index in [1.165, 1.54) is 11.1 Å². The van der Waals surface area contributed by atoms with Gasteiger partial charge in [-0.05, 0) is 30.5 Å². The van der Waals surface area contributed by atoms with Crippen LogP contribution in [0.5, 0.6) is 0 Å². The molecule has 1 amide bonds. The Bertz CT molecular complexity index is 561. The van der Waals surface area contributed by atoms with Gasteiger partial charge < -0.3 is 11.1 Å². The fourth-order valence-corrected chi connectivity index (χ4v) is 1.85. The fraction of sp³-hybridized carbons (Fsp3) is 0.250. The zero-order valence-corrected chi connectivity index (χ0v) is 11.6. The van der Waals surface area contributed by atoms with Crippen LogP contribution in [0.15, 0.2) is 42.6 Å². The molecule has 0 aliphatic heterocycles. The van der Waals surface area contributed by atoms with Crippen LogP contribution >= 0.6 is 0 Å². The van der Waals surface area contributed by atoms with Crippen LogP contribution in [0.25, 0.3) is 0 Å². The van der Waals surface area contributed by atoms with Crippen LogP contribution in [0.1, 0.15) is 27.2 Å². The first-order chi connectivity index (χ1) is 9.69. The van der Waals surface area contributed by atoms with Gasteiger partial charge in [-0.2, -0.15) is 0 Å². The summed E-state index contributed by atoms with van der Waals surface area (Å²) in [5.41, 5.74) is 9.28. The van der Waals surface area contributed by atoms with Gasteiger partial charge in [-0.25, -0.2) is 0 Å². The van der Waals surface area contributed by atoms with Gasteiger partial charge in [-0.1, -0.05) is 35.9 Å². The third-order valence-electron chi connectivity index (χ3n) is 3.11. The molecule has 104 valence electrons. The van der Waals surface area contributed by atoms with Crippen molar-refractivity contribution in [2.24, 2.45) is 5.73 Å². The topological polar surface area (TPSA) is 68.0 Å². The van der Waals surface area contributed by atoms with Crippen LogP contribution < -0.4 is 11.1 Å². The molecule has 0 bridgehead atoms. The van der Waals surface area contributed by atoms with Crippen LogP contribution in [0.2, 0.25) is 0 Å². The molecule has 0 spiro atoms. The molecule has 1 heterocycles. The lowest BCUT2D eigenvalue weighted by Gasteiger charge is -2.06. The highest BCUT2D eigenvalue weighted by atomic mass is 16.1. The van der Waals surface area contributed by atoms with E-state index in [4.69, 9.17) is 5.73 Å². The Morgan fingerprint density at radius 3 is 2.45 bits per heavy atom. The van der Waals surface area contributed by atoms with Crippen molar-refractivity contribution in [3.63, 3.8) is 0 Å². The number of hydrogen-bond donors (Lipinski definition) is 2. The Hall–Kier alpha value is -2.20. The average Bonchev–Trinajstić information content (AvgIpc) is 2.49. The summed E-state index contributed by atoms with van der Waals surface area (Å²) in [4.78, 5) is 16.0. The molecule has 4 heteroatoms.